The summed E-state index contributed by atoms with van der Waals surface area (Å²) in [4.78, 5) is 30.5. The van der Waals surface area contributed by atoms with Gasteiger partial charge >= 0.3 is 5.97 Å². The summed E-state index contributed by atoms with van der Waals surface area (Å²) in [6.07, 6.45) is 1.23. The van der Waals surface area contributed by atoms with Gasteiger partial charge in [-0.05, 0) is 24.3 Å². The first kappa shape index (κ1) is 12.8. The minimum atomic E-state index is -1.50. The van der Waals surface area contributed by atoms with E-state index in [9.17, 15) is 9.59 Å². The second kappa shape index (κ2) is 4.93. The van der Waals surface area contributed by atoms with E-state index in [1.54, 1.807) is 0 Å². The summed E-state index contributed by atoms with van der Waals surface area (Å²) >= 11 is 0. The Balaban J connectivity index is 2.28. The normalized spacial score (nSPS) is 10.2. The standard InChI is InChI=1S/C13H13N3O3/c1-16(2)9-5-3-8(4-6-9)12-14-7-10(15-12)11(17)13(18)19/h3-7H,1-2H3,(H,14,15)(H,18,19). The minimum Gasteiger partial charge on any atom is -0.475 e. The van der Waals surface area contributed by atoms with E-state index in [4.69, 9.17) is 5.11 Å². The molecule has 0 aliphatic heterocycles. The number of nitrogens with one attached hydrogen (secondary N) is 1. The summed E-state index contributed by atoms with van der Waals surface area (Å²) in [7, 11) is 3.87. The predicted octanol–water partition coefficient (Wildman–Crippen LogP) is 1.41. The molecule has 0 radical (unpaired) electrons. The van der Waals surface area contributed by atoms with Crippen LogP contribution in [-0.2, 0) is 4.79 Å². The van der Waals surface area contributed by atoms with Crippen LogP contribution in [0.25, 0.3) is 11.4 Å². The van der Waals surface area contributed by atoms with Crippen molar-refractivity contribution in [3.63, 3.8) is 0 Å². The van der Waals surface area contributed by atoms with Gasteiger partial charge in [0.1, 0.15) is 11.5 Å². The number of aromatic amines is 1. The van der Waals surface area contributed by atoms with Crippen LogP contribution < -0.4 is 4.90 Å². The summed E-state index contributed by atoms with van der Waals surface area (Å²) in [6, 6.07) is 7.53. The Bertz CT molecular complexity index is 614. The fraction of sp³-hybridized carbons (Fsp3) is 0.154. The Morgan fingerprint density at radius 3 is 2.37 bits per heavy atom. The summed E-state index contributed by atoms with van der Waals surface area (Å²) in [5.41, 5.74) is 1.80. The quantitative estimate of drug-likeness (QED) is 0.640. The number of carbonyl (C=O) groups excluding carboxylic acids is 1. The molecule has 2 N–H and O–H groups in total. The van der Waals surface area contributed by atoms with Gasteiger partial charge < -0.3 is 15.0 Å². The third-order valence-corrected chi connectivity index (χ3v) is 2.67. The molecule has 2 rings (SSSR count). The number of H-pyrrole nitrogens is 1. The van der Waals surface area contributed by atoms with Crippen molar-refractivity contribution in [3.8, 4) is 11.4 Å². The summed E-state index contributed by atoms with van der Waals surface area (Å²) in [5, 5.41) is 8.61. The van der Waals surface area contributed by atoms with Crippen molar-refractivity contribution < 1.29 is 14.7 Å². The molecule has 6 heteroatoms. The number of hydrogen-bond donors (Lipinski definition) is 2. The van der Waals surface area contributed by atoms with Crippen molar-refractivity contribution in [2.45, 2.75) is 0 Å². The molecule has 0 aliphatic rings. The average molecular weight is 259 g/mol. The Kier molecular flexibility index (Phi) is 3.33. The van der Waals surface area contributed by atoms with Crippen LogP contribution in [0.5, 0.6) is 0 Å². The molecule has 0 amide bonds. The first-order chi connectivity index (χ1) is 8.99. The first-order valence-corrected chi connectivity index (χ1v) is 5.59. The highest BCUT2D eigenvalue weighted by Crippen LogP contribution is 2.20. The Labute approximate surface area is 109 Å². The lowest BCUT2D eigenvalue weighted by Gasteiger charge is -2.12. The molecule has 0 aliphatic carbocycles. The number of nitrogens with zero attached hydrogens (tertiary/aromatic N) is 2. The molecule has 6 nitrogen and oxygen atoms in total. The van der Waals surface area contributed by atoms with Gasteiger partial charge in [-0.2, -0.15) is 0 Å². The van der Waals surface area contributed by atoms with Crippen LogP contribution in [0.2, 0.25) is 0 Å². The van der Waals surface area contributed by atoms with E-state index in [1.165, 1.54) is 6.20 Å². The first-order valence-electron chi connectivity index (χ1n) is 5.59. The van der Waals surface area contributed by atoms with Crippen LogP contribution in [-0.4, -0.2) is 40.9 Å². The molecular formula is C13H13N3O3. The number of carboxylic acids is 1. The van der Waals surface area contributed by atoms with Gasteiger partial charge in [0.2, 0.25) is 0 Å². The monoisotopic (exact) mass is 259 g/mol. The van der Waals surface area contributed by atoms with Crippen molar-refractivity contribution in [1.82, 2.24) is 9.97 Å². The molecule has 19 heavy (non-hydrogen) atoms. The second-order valence-electron chi connectivity index (χ2n) is 4.22. The van der Waals surface area contributed by atoms with E-state index in [0.717, 1.165) is 11.3 Å². The average Bonchev–Trinajstić information content (AvgIpc) is 2.87. The molecule has 1 aromatic carbocycles. The third-order valence-electron chi connectivity index (χ3n) is 2.67. The van der Waals surface area contributed by atoms with Gasteiger partial charge in [-0.25, -0.2) is 9.78 Å². The van der Waals surface area contributed by atoms with Crippen LogP contribution in [0.1, 0.15) is 10.5 Å². The molecule has 0 unspecified atom stereocenters. The smallest absolute Gasteiger partial charge is 0.378 e. The minimum absolute atomic E-state index is 0.0285. The number of aromatic nitrogens is 2. The van der Waals surface area contributed by atoms with Crippen LogP contribution in [0, 0.1) is 0 Å². The lowest BCUT2D eigenvalue weighted by atomic mass is 10.2. The van der Waals surface area contributed by atoms with E-state index in [1.807, 2.05) is 43.3 Å². The lowest BCUT2D eigenvalue weighted by molar-refractivity contribution is -0.131. The largest absolute Gasteiger partial charge is 0.475 e. The third kappa shape index (κ3) is 2.62. The van der Waals surface area contributed by atoms with E-state index in [2.05, 4.69) is 9.97 Å². The number of ketones is 1. The molecule has 0 bridgehead atoms. The number of aliphatic carboxylic acids is 1. The summed E-state index contributed by atoms with van der Waals surface area (Å²) in [5.74, 6) is -2.03. The number of anilines is 1. The zero-order valence-corrected chi connectivity index (χ0v) is 10.5. The molecule has 98 valence electrons. The number of benzene rings is 1. The highest BCUT2D eigenvalue weighted by Gasteiger charge is 2.17. The van der Waals surface area contributed by atoms with Gasteiger partial charge in [-0.15, -0.1) is 0 Å². The van der Waals surface area contributed by atoms with Crippen molar-refractivity contribution >= 4 is 17.4 Å². The van der Waals surface area contributed by atoms with Crippen molar-refractivity contribution in [3.05, 3.63) is 36.2 Å². The SMILES string of the molecule is CN(C)c1ccc(-c2ncc(C(=O)C(=O)O)[nH]2)cc1. The Morgan fingerprint density at radius 2 is 1.84 bits per heavy atom. The second-order valence-corrected chi connectivity index (χ2v) is 4.22. The number of carbonyl (C=O) groups is 2. The number of Topliss-reactive ketones (excluding diaryl/α,β-unsaturated/α-hetero) is 1. The van der Waals surface area contributed by atoms with Crippen molar-refractivity contribution in [2.75, 3.05) is 19.0 Å². The number of hydrogen-bond acceptors (Lipinski definition) is 4. The van der Waals surface area contributed by atoms with Gasteiger partial charge in [0.05, 0.1) is 6.20 Å². The molecule has 1 aromatic heterocycles. The number of imidazole rings is 1. The topological polar surface area (TPSA) is 86.3 Å². The molecular weight excluding hydrogens is 246 g/mol. The molecule has 0 fully saturated rings. The van der Waals surface area contributed by atoms with Gasteiger partial charge in [0.25, 0.3) is 5.78 Å². The molecule has 0 saturated carbocycles. The maximum absolute atomic E-state index is 11.3. The maximum atomic E-state index is 11.3. The molecule has 1 heterocycles. The molecule has 0 atom stereocenters. The fourth-order valence-electron chi connectivity index (χ4n) is 1.62. The van der Waals surface area contributed by atoms with Crippen molar-refractivity contribution in [2.24, 2.45) is 0 Å². The van der Waals surface area contributed by atoms with Gasteiger partial charge in [-0.3, -0.25) is 4.79 Å². The number of carboxylic acid groups (broad SMARTS) is 1. The summed E-state index contributed by atoms with van der Waals surface area (Å²) in [6.45, 7) is 0. The predicted molar refractivity (Wildman–Crippen MR) is 70.3 cm³/mol. The zero-order valence-electron chi connectivity index (χ0n) is 10.5. The van der Waals surface area contributed by atoms with Crippen LogP contribution in [0.4, 0.5) is 5.69 Å². The summed E-state index contributed by atoms with van der Waals surface area (Å²) < 4.78 is 0. The van der Waals surface area contributed by atoms with E-state index in [0.29, 0.717) is 5.82 Å². The van der Waals surface area contributed by atoms with Crippen molar-refractivity contribution in [1.29, 1.82) is 0 Å². The fourth-order valence-corrected chi connectivity index (χ4v) is 1.62. The zero-order chi connectivity index (χ0) is 14.0. The van der Waals surface area contributed by atoms with E-state index in [-0.39, 0.29) is 5.69 Å². The molecule has 2 aromatic rings. The number of rotatable bonds is 4. The lowest BCUT2D eigenvalue weighted by Crippen LogP contribution is -2.12. The highest BCUT2D eigenvalue weighted by atomic mass is 16.4. The Hall–Kier alpha value is -2.63. The van der Waals surface area contributed by atoms with E-state index < -0.39 is 11.8 Å². The van der Waals surface area contributed by atoms with Gasteiger partial charge in [-0.1, -0.05) is 0 Å². The van der Waals surface area contributed by atoms with Crippen LogP contribution in [0.15, 0.2) is 30.5 Å². The highest BCUT2D eigenvalue weighted by molar-refractivity contribution is 6.39. The maximum Gasteiger partial charge on any atom is 0.378 e. The molecule has 0 spiro atoms. The van der Waals surface area contributed by atoms with Crippen LogP contribution >= 0.6 is 0 Å². The Morgan fingerprint density at radius 1 is 1.21 bits per heavy atom. The van der Waals surface area contributed by atoms with Crippen LogP contribution in [0.3, 0.4) is 0 Å². The molecule has 0 saturated heterocycles. The van der Waals surface area contributed by atoms with Gasteiger partial charge in [0.15, 0.2) is 0 Å². The van der Waals surface area contributed by atoms with E-state index >= 15 is 0 Å². The van der Waals surface area contributed by atoms with Gasteiger partial charge in [0, 0.05) is 25.3 Å².